The second kappa shape index (κ2) is 5.64. The van der Waals surface area contributed by atoms with Crippen LogP contribution >= 0.6 is 11.6 Å². The number of nitro groups is 1. The zero-order valence-corrected chi connectivity index (χ0v) is 11.2. The molecule has 1 heterocycles. The number of non-ortho nitro benzene ring substituents is 1. The van der Waals surface area contributed by atoms with Gasteiger partial charge in [0, 0.05) is 37.7 Å². The molecule has 0 spiro atoms. The van der Waals surface area contributed by atoms with Gasteiger partial charge >= 0.3 is 5.97 Å². The van der Waals surface area contributed by atoms with Crippen molar-refractivity contribution in [1.82, 2.24) is 0 Å². The number of carboxylic acid groups (broad SMARTS) is 1. The summed E-state index contributed by atoms with van der Waals surface area (Å²) in [6.07, 6.45) is 0.725. The van der Waals surface area contributed by atoms with Gasteiger partial charge in [0.1, 0.15) is 0 Å². The number of carboxylic acids is 1. The second-order valence-corrected chi connectivity index (χ2v) is 5.08. The molecule has 1 aliphatic heterocycles. The van der Waals surface area contributed by atoms with E-state index in [-0.39, 0.29) is 34.5 Å². The van der Waals surface area contributed by atoms with E-state index < -0.39 is 10.9 Å². The Morgan fingerprint density at radius 1 is 1.55 bits per heavy atom. The summed E-state index contributed by atoms with van der Waals surface area (Å²) in [5, 5.41) is 29.2. The highest BCUT2D eigenvalue weighted by Crippen LogP contribution is 2.36. The van der Waals surface area contributed by atoms with Crippen LogP contribution in [0.1, 0.15) is 16.8 Å². The number of carbonyl (C=O) groups is 1. The predicted molar refractivity (Wildman–Crippen MR) is 72.5 cm³/mol. The summed E-state index contributed by atoms with van der Waals surface area (Å²) in [6, 6.07) is 2.16. The lowest BCUT2D eigenvalue weighted by Gasteiger charge is -2.21. The van der Waals surface area contributed by atoms with Gasteiger partial charge in [0.05, 0.1) is 21.2 Å². The maximum absolute atomic E-state index is 11.3. The maximum atomic E-state index is 11.3. The number of hydrogen-bond donors (Lipinski definition) is 2. The van der Waals surface area contributed by atoms with E-state index in [1.165, 1.54) is 0 Å². The Balaban J connectivity index is 2.47. The molecule has 1 aromatic rings. The Morgan fingerprint density at radius 2 is 2.25 bits per heavy atom. The minimum absolute atomic E-state index is 0.0174. The summed E-state index contributed by atoms with van der Waals surface area (Å²) < 4.78 is 0. The number of nitro benzene ring substituents is 1. The Labute approximate surface area is 119 Å². The van der Waals surface area contributed by atoms with Crippen molar-refractivity contribution in [3.05, 3.63) is 32.8 Å². The molecule has 0 bridgehead atoms. The van der Waals surface area contributed by atoms with Gasteiger partial charge in [-0.05, 0) is 6.42 Å². The number of aromatic carboxylic acids is 1. The van der Waals surface area contributed by atoms with Gasteiger partial charge in [0.2, 0.25) is 0 Å². The van der Waals surface area contributed by atoms with E-state index in [0.29, 0.717) is 13.1 Å². The molecule has 0 radical (unpaired) electrons. The second-order valence-electron chi connectivity index (χ2n) is 4.67. The van der Waals surface area contributed by atoms with Crippen LogP contribution in [0, 0.1) is 16.0 Å². The van der Waals surface area contributed by atoms with Crippen LogP contribution in [0.3, 0.4) is 0 Å². The molecule has 1 unspecified atom stereocenters. The van der Waals surface area contributed by atoms with E-state index >= 15 is 0 Å². The minimum Gasteiger partial charge on any atom is -0.478 e. The van der Waals surface area contributed by atoms with Crippen molar-refractivity contribution in [1.29, 1.82) is 0 Å². The molecule has 8 heteroatoms. The summed E-state index contributed by atoms with van der Waals surface area (Å²) in [4.78, 5) is 23.1. The highest BCUT2D eigenvalue weighted by molar-refractivity contribution is 6.34. The summed E-state index contributed by atoms with van der Waals surface area (Å²) in [6.45, 7) is 1.06. The lowest BCUT2D eigenvalue weighted by Crippen LogP contribution is -2.23. The topological polar surface area (TPSA) is 104 Å². The van der Waals surface area contributed by atoms with Gasteiger partial charge in [-0.15, -0.1) is 0 Å². The van der Waals surface area contributed by atoms with Crippen molar-refractivity contribution in [3.8, 4) is 0 Å². The molecule has 1 aromatic carbocycles. The van der Waals surface area contributed by atoms with Gasteiger partial charge in [0.15, 0.2) is 0 Å². The molecule has 1 saturated heterocycles. The van der Waals surface area contributed by atoms with Crippen molar-refractivity contribution in [3.63, 3.8) is 0 Å². The number of aliphatic hydroxyl groups is 1. The largest absolute Gasteiger partial charge is 0.478 e. The monoisotopic (exact) mass is 300 g/mol. The smallest absolute Gasteiger partial charge is 0.338 e. The molecule has 0 aliphatic carbocycles. The molecule has 1 fully saturated rings. The lowest BCUT2D eigenvalue weighted by molar-refractivity contribution is -0.384. The molecule has 1 atom stereocenters. The van der Waals surface area contributed by atoms with Gasteiger partial charge in [0.25, 0.3) is 5.69 Å². The molecular formula is C12H13ClN2O5. The highest BCUT2D eigenvalue weighted by Gasteiger charge is 2.29. The quantitative estimate of drug-likeness (QED) is 0.648. The fourth-order valence-corrected chi connectivity index (χ4v) is 2.69. The van der Waals surface area contributed by atoms with Crippen molar-refractivity contribution in [2.75, 3.05) is 24.6 Å². The van der Waals surface area contributed by atoms with Crippen molar-refractivity contribution in [2.24, 2.45) is 5.92 Å². The number of nitrogens with zero attached hydrogens (tertiary/aromatic N) is 2. The number of hydrogen-bond acceptors (Lipinski definition) is 5. The van der Waals surface area contributed by atoms with Crippen LogP contribution in [0.5, 0.6) is 0 Å². The van der Waals surface area contributed by atoms with E-state index in [9.17, 15) is 20.0 Å². The first-order chi connectivity index (χ1) is 9.43. The van der Waals surface area contributed by atoms with Crippen LogP contribution in [0.2, 0.25) is 5.02 Å². The Hall–Kier alpha value is -1.86. The van der Waals surface area contributed by atoms with Crippen molar-refractivity contribution < 1.29 is 19.9 Å². The van der Waals surface area contributed by atoms with Gasteiger partial charge < -0.3 is 15.1 Å². The zero-order valence-electron chi connectivity index (χ0n) is 10.5. The summed E-state index contributed by atoms with van der Waals surface area (Å²) >= 11 is 6.02. The van der Waals surface area contributed by atoms with E-state index in [1.807, 2.05) is 0 Å². The van der Waals surface area contributed by atoms with Crippen molar-refractivity contribution in [2.45, 2.75) is 6.42 Å². The average molecular weight is 301 g/mol. The number of benzene rings is 1. The zero-order chi connectivity index (χ0) is 14.9. The average Bonchev–Trinajstić information content (AvgIpc) is 2.85. The third kappa shape index (κ3) is 2.68. The van der Waals surface area contributed by atoms with Gasteiger partial charge in [-0.3, -0.25) is 10.1 Å². The van der Waals surface area contributed by atoms with Gasteiger partial charge in [-0.2, -0.15) is 0 Å². The maximum Gasteiger partial charge on any atom is 0.338 e. The molecule has 20 heavy (non-hydrogen) atoms. The van der Waals surface area contributed by atoms with Crippen LogP contribution in [0.15, 0.2) is 12.1 Å². The third-order valence-electron chi connectivity index (χ3n) is 3.35. The predicted octanol–water partition coefficient (Wildman–Crippen LogP) is 1.76. The number of anilines is 1. The van der Waals surface area contributed by atoms with E-state index in [0.717, 1.165) is 18.6 Å². The van der Waals surface area contributed by atoms with E-state index in [4.69, 9.17) is 16.7 Å². The van der Waals surface area contributed by atoms with Crippen LogP contribution in [0.25, 0.3) is 0 Å². The van der Waals surface area contributed by atoms with Crippen LogP contribution in [0.4, 0.5) is 11.4 Å². The first-order valence-corrected chi connectivity index (χ1v) is 6.39. The Bertz CT molecular complexity index is 563. The van der Waals surface area contributed by atoms with Crippen molar-refractivity contribution >= 4 is 28.9 Å². The first kappa shape index (κ1) is 14.5. The molecular weight excluding hydrogens is 288 g/mol. The third-order valence-corrected chi connectivity index (χ3v) is 3.64. The number of halogens is 1. The molecule has 0 saturated carbocycles. The highest BCUT2D eigenvalue weighted by atomic mass is 35.5. The minimum atomic E-state index is -1.27. The fourth-order valence-electron chi connectivity index (χ4n) is 2.36. The molecule has 2 rings (SSSR count). The molecule has 7 nitrogen and oxygen atoms in total. The van der Waals surface area contributed by atoms with E-state index in [2.05, 4.69) is 0 Å². The van der Waals surface area contributed by atoms with Gasteiger partial charge in [-0.1, -0.05) is 11.6 Å². The number of rotatable bonds is 4. The van der Waals surface area contributed by atoms with Crippen LogP contribution < -0.4 is 4.90 Å². The number of aliphatic hydroxyl groups excluding tert-OH is 1. The molecule has 1 aliphatic rings. The van der Waals surface area contributed by atoms with Crippen LogP contribution in [-0.4, -0.2) is 40.8 Å². The van der Waals surface area contributed by atoms with E-state index in [1.54, 1.807) is 4.90 Å². The molecule has 2 N–H and O–H groups in total. The summed E-state index contributed by atoms with van der Waals surface area (Å²) in [5.41, 5.74) is -0.266. The Kier molecular flexibility index (Phi) is 4.10. The lowest BCUT2D eigenvalue weighted by atomic mass is 10.1. The van der Waals surface area contributed by atoms with Crippen LogP contribution in [-0.2, 0) is 0 Å². The van der Waals surface area contributed by atoms with Gasteiger partial charge in [-0.25, -0.2) is 4.79 Å². The standard InChI is InChI=1S/C12H13ClN2O5/c13-10-4-8(15(19)20)3-9(12(17)18)11(10)14-2-1-7(5-14)6-16/h3-4,7,16H,1-2,5-6H2,(H,17,18). The fraction of sp³-hybridized carbons (Fsp3) is 0.417. The summed E-state index contributed by atoms with van der Waals surface area (Å²) in [7, 11) is 0. The molecule has 0 aromatic heterocycles. The molecule has 108 valence electrons. The normalized spacial score (nSPS) is 18.3. The Morgan fingerprint density at radius 3 is 2.75 bits per heavy atom. The first-order valence-electron chi connectivity index (χ1n) is 6.01. The molecule has 0 amide bonds. The SMILES string of the molecule is O=C(O)c1cc([N+](=O)[O-])cc(Cl)c1N1CCC(CO)C1. The summed E-state index contributed by atoms with van der Waals surface area (Å²) in [5.74, 6) is -1.21.